The van der Waals surface area contributed by atoms with Crippen LogP contribution >= 0.6 is 0 Å². The van der Waals surface area contributed by atoms with Crippen LogP contribution in [-0.4, -0.2) is 12.8 Å². The van der Waals surface area contributed by atoms with Crippen LogP contribution in [0.1, 0.15) is 45.6 Å². The van der Waals surface area contributed by atoms with E-state index in [2.05, 4.69) is 60.0 Å². The fourth-order valence-electron chi connectivity index (χ4n) is 2.51. The Morgan fingerprint density at radius 1 is 1.17 bits per heavy atom. The molecule has 24 heavy (non-hydrogen) atoms. The number of rotatable bonds is 10. The van der Waals surface area contributed by atoms with E-state index in [1.165, 1.54) is 24.8 Å². The minimum atomic E-state index is 0.696. The molecule has 1 aromatic carbocycles. The Hall–Kier alpha value is -2.29. The quantitative estimate of drug-likeness (QED) is 0.341. The Morgan fingerprint density at radius 2 is 1.83 bits per heavy atom. The maximum atomic E-state index is 4.21. The number of hydrogen-bond acceptors (Lipinski definition) is 3. The lowest BCUT2D eigenvalue weighted by Gasteiger charge is -2.16. The zero-order chi connectivity index (χ0) is 17.9. The molecule has 1 rings (SSSR count). The van der Waals surface area contributed by atoms with Crippen molar-refractivity contribution < 1.29 is 0 Å². The van der Waals surface area contributed by atoms with Crippen LogP contribution < -0.4 is 10.6 Å². The van der Waals surface area contributed by atoms with E-state index in [-0.39, 0.29) is 0 Å². The molecular formula is C21H31N3. The van der Waals surface area contributed by atoms with Crippen LogP contribution in [0.3, 0.4) is 0 Å². The lowest BCUT2D eigenvalue weighted by molar-refractivity contribution is 0.717. The lowest BCUT2D eigenvalue weighted by Crippen LogP contribution is -2.20. The summed E-state index contributed by atoms with van der Waals surface area (Å²) in [5, 5.41) is 6.47. The molecule has 0 aliphatic rings. The van der Waals surface area contributed by atoms with E-state index in [1.807, 2.05) is 19.9 Å². The monoisotopic (exact) mass is 325 g/mol. The number of anilines is 1. The van der Waals surface area contributed by atoms with E-state index in [1.54, 1.807) is 7.05 Å². The standard InChI is InChI=1S/C21H31N3/c1-7-9-10-11-19-12-14-20(15-13-19)24-18(5)23-17(4)21(8-2)16(3)22-6/h8,12-15,23-24H,4-5,7,9-11H2,1-3,6H3/b21-8+,22-16?. The summed E-state index contributed by atoms with van der Waals surface area (Å²) in [4.78, 5) is 4.21. The average Bonchev–Trinajstić information content (AvgIpc) is 2.57. The van der Waals surface area contributed by atoms with Crippen molar-refractivity contribution in [2.24, 2.45) is 4.99 Å². The summed E-state index contributed by atoms with van der Waals surface area (Å²) in [7, 11) is 1.78. The summed E-state index contributed by atoms with van der Waals surface area (Å²) in [5.41, 5.74) is 5.12. The third-order valence-electron chi connectivity index (χ3n) is 3.96. The highest BCUT2D eigenvalue weighted by Gasteiger charge is 2.06. The number of unbranched alkanes of at least 4 members (excludes halogenated alkanes) is 2. The maximum Gasteiger partial charge on any atom is 0.100 e. The van der Waals surface area contributed by atoms with Crippen LogP contribution in [0, 0.1) is 0 Å². The van der Waals surface area contributed by atoms with Gasteiger partial charge in [0.25, 0.3) is 0 Å². The highest BCUT2D eigenvalue weighted by Crippen LogP contribution is 2.15. The van der Waals surface area contributed by atoms with Gasteiger partial charge in [0.05, 0.1) is 0 Å². The molecule has 0 fully saturated rings. The van der Waals surface area contributed by atoms with Gasteiger partial charge in [-0.05, 0) is 44.4 Å². The average molecular weight is 326 g/mol. The van der Waals surface area contributed by atoms with Crippen molar-refractivity contribution in [3.63, 3.8) is 0 Å². The van der Waals surface area contributed by atoms with Gasteiger partial charge < -0.3 is 10.6 Å². The van der Waals surface area contributed by atoms with E-state index < -0.39 is 0 Å². The number of aryl methyl sites for hydroxylation is 1. The zero-order valence-electron chi connectivity index (χ0n) is 15.6. The summed E-state index contributed by atoms with van der Waals surface area (Å²) >= 11 is 0. The molecule has 3 nitrogen and oxygen atoms in total. The molecule has 130 valence electrons. The molecule has 3 heteroatoms. The van der Waals surface area contributed by atoms with Crippen molar-refractivity contribution >= 4 is 11.4 Å². The van der Waals surface area contributed by atoms with Crippen molar-refractivity contribution in [3.05, 3.63) is 66.2 Å². The summed E-state index contributed by atoms with van der Waals surface area (Å²) in [6.45, 7) is 14.3. The molecule has 2 N–H and O–H groups in total. The molecule has 0 saturated heterocycles. The first-order valence-corrected chi connectivity index (χ1v) is 8.63. The molecule has 0 aliphatic heterocycles. The first-order chi connectivity index (χ1) is 11.5. The Kier molecular flexibility index (Phi) is 8.63. The number of nitrogens with zero attached hydrogens (tertiary/aromatic N) is 1. The SMILES string of the molecule is C=C(NC(=C)/C(=C/C)C(C)=NC)Nc1ccc(CCCCC)cc1. The minimum absolute atomic E-state index is 0.696. The molecule has 0 aromatic heterocycles. The highest BCUT2D eigenvalue weighted by atomic mass is 15.1. The van der Waals surface area contributed by atoms with E-state index in [9.17, 15) is 0 Å². The van der Waals surface area contributed by atoms with E-state index in [4.69, 9.17) is 0 Å². The minimum Gasteiger partial charge on any atom is -0.342 e. The molecular weight excluding hydrogens is 294 g/mol. The smallest absolute Gasteiger partial charge is 0.100 e. The van der Waals surface area contributed by atoms with Gasteiger partial charge in [0, 0.05) is 29.7 Å². The van der Waals surface area contributed by atoms with Gasteiger partial charge in [-0.2, -0.15) is 0 Å². The van der Waals surface area contributed by atoms with Gasteiger partial charge in [-0.1, -0.05) is 51.1 Å². The molecule has 0 unspecified atom stereocenters. The first kappa shape index (κ1) is 19.8. The van der Waals surface area contributed by atoms with Crippen LogP contribution in [0.15, 0.2) is 65.6 Å². The number of aliphatic imine (C=N–C) groups is 1. The Labute approximate surface area is 147 Å². The Bertz CT molecular complexity index is 606. The summed E-state index contributed by atoms with van der Waals surface area (Å²) in [5.74, 6) is 0.696. The number of benzene rings is 1. The van der Waals surface area contributed by atoms with E-state index >= 15 is 0 Å². The fourth-order valence-corrected chi connectivity index (χ4v) is 2.51. The van der Waals surface area contributed by atoms with Gasteiger partial charge in [-0.3, -0.25) is 4.99 Å². The molecule has 0 saturated carbocycles. The Balaban J connectivity index is 2.57. The van der Waals surface area contributed by atoms with Gasteiger partial charge in [0.1, 0.15) is 5.82 Å². The molecule has 0 amide bonds. The number of hydrogen-bond donors (Lipinski definition) is 2. The van der Waals surface area contributed by atoms with Gasteiger partial charge in [0.15, 0.2) is 0 Å². The Morgan fingerprint density at radius 3 is 2.38 bits per heavy atom. The molecule has 1 aromatic rings. The lowest BCUT2D eigenvalue weighted by atomic mass is 10.1. The van der Waals surface area contributed by atoms with Crippen LogP contribution in [0.2, 0.25) is 0 Å². The molecule has 0 atom stereocenters. The van der Waals surface area contributed by atoms with Crippen LogP contribution in [0.25, 0.3) is 0 Å². The predicted octanol–water partition coefficient (Wildman–Crippen LogP) is 5.44. The van der Waals surface area contributed by atoms with Crippen molar-refractivity contribution in [1.29, 1.82) is 0 Å². The fraction of sp³-hybridized carbons (Fsp3) is 0.381. The summed E-state index contributed by atoms with van der Waals surface area (Å²) < 4.78 is 0. The van der Waals surface area contributed by atoms with E-state index in [0.717, 1.165) is 29.1 Å². The molecule has 0 heterocycles. The third kappa shape index (κ3) is 6.45. The van der Waals surface area contributed by atoms with E-state index in [0.29, 0.717) is 5.82 Å². The van der Waals surface area contributed by atoms with Crippen molar-refractivity contribution in [2.75, 3.05) is 12.4 Å². The molecule has 0 radical (unpaired) electrons. The van der Waals surface area contributed by atoms with Gasteiger partial charge in [-0.25, -0.2) is 0 Å². The van der Waals surface area contributed by atoms with Gasteiger partial charge in [-0.15, -0.1) is 0 Å². The molecule has 0 aliphatic carbocycles. The second-order valence-corrected chi connectivity index (χ2v) is 5.87. The van der Waals surface area contributed by atoms with Crippen molar-refractivity contribution in [3.8, 4) is 0 Å². The molecule has 0 bridgehead atoms. The first-order valence-electron chi connectivity index (χ1n) is 8.63. The van der Waals surface area contributed by atoms with Gasteiger partial charge >= 0.3 is 0 Å². The van der Waals surface area contributed by atoms with Crippen molar-refractivity contribution in [1.82, 2.24) is 5.32 Å². The summed E-state index contributed by atoms with van der Waals surface area (Å²) in [6, 6.07) is 8.52. The molecule has 0 spiro atoms. The van der Waals surface area contributed by atoms with Crippen molar-refractivity contribution in [2.45, 2.75) is 46.5 Å². The highest BCUT2D eigenvalue weighted by molar-refractivity contribution is 6.01. The topological polar surface area (TPSA) is 36.4 Å². The van der Waals surface area contributed by atoms with Gasteiger partial charge in [0.2, 0.25) is 0 Å². The predicted molar refractivity (Wildman–Crippen MR) is 107 cm³/mol. The second kappa shape index (κ2) is 10.5. The third-order valence-corrected chi connectivity index (χ3v) is 3.96. The number of allylic oxidation sites excluding steroid dienone is 2. The van der Waals surface area contributed by atoms with Crippen LogP contribution in [0.5, 0.6) is 0 Å². The zero-order valence-corrected chi connectivity index (χ0v) is 15.6. The summed E-state index contributed by atoms with van der Waals surface area (Å²) in [6.07, 6.45) is 6.93. The normalized spacial score (nSPS) is 12.0. The van der Waals surface area contributed by atoms with Crippen LogP contribution in [-0.2, 0) is 6.42 Å². The second-order valence-electron chi connectivity index (χ2n) is 5.87. The maximum absolute atomic E-state index is 4.21. The number of nitrogens with one attached hydrogen (secondary N) is 2. The largest absolute Gasteiger partial charge is 0.342 e. The van der Waals surface area contributed by atoms with Crippen LogP contribution in [0.4, 0.5) is 5.69 Å².